The molecule has 1 aliphatic rings. The summed E-state index contributed by atoms with van der Waals surface area (Å²) in [5.41, 5.74) is -0.0417. The van der Waals surface area contributed by atoms with Gasteiger partial charge in [0.1, 0.15) is 23.5 Å². The number of hydrogen-bond donors (Lipinski definition) is 0. The molecular weight excluding hydrogens is 360 g/mol. The van der Waals surface area contributed by atoms with Gasteiger partial charge in [0.2, 0.25) is 0 Å². The normalized spacial score (nSPS) is 14.1. The van der Waals surface area contributed by atoms with E-state index in [1.165, 1.54) is 18.5 Å². The molecule has 1 amide bonds. The number of anilines is 1. The average Bonchev–Trinajstić information content (AvgIpc) is 3.28. The highest BCUT2D eigenvalue weighted by Gasteiger charge is 2.27. The Labute approximate surface area is 161 Å². The van der Waals surface area contributed by atoms with Gasteiger partial charge in [0.05, 0.1) is 4.92 Å². The molecule has 2 aromatic heterocycles. The molecule has 1 aliphatic heterocycles. The summed E-state index contributed by atoms with van der Waals surface area (Å²) < 4.78 is 1.90. The summed E-state index contributed by atoms with van der Waals surface area (Å²) in [5, 5.41) is 11.2. The zero-order chi connectivity index (χ0) is 19.5. The topological polar surface area (TPSA) is 97.4 Å². The predicted molar refractivity (Wildman–Crippen MR) is 103 cm³/mol. The number of hydrogen-bond acceptors (Lipinski definition) is 6. The van der Waals surface area contributed by atoms with Crippen molar-refractivity contribution in [3.63, 3.8) is 0 Å². The van der Waals surface area contributed by atoms with Crippen molar-refractivity contribution in [2.24, 2.45) is 0 Å². The van der Waals surface area contributed by atoms with Crippen molar-refractivity contribution in [3.05, 3.63) is 76.9 Å². The molecule has 3 heterocycles. The lowest BCUT2D eigenvalue weighted by atomic mass is 10.1. The highest BCUT2D eigenvalue weighted by Crippen LogP contribution is 2.22. The molecule has 3 aromatic rings. The lowest BCUT2D eigenvalue weighted by Gasteiger charge is -2.35. The van der Waals surface area contributed by atoms with Crippen LogP contribution < -0.4 is 4.90 Å². The first kappa shape index (κ1) is 17.7. The zero-order valence-corrected chi connectivity index (χ0v) is 15.0. The van der Waals surface area contributed by atoms with E-state index in [0.717, 1.165) is 11.6 Å². The summed E-state index contributed by atoms with van der Waals surface area (Å²) in [6.07, 6.45) is 5.35. The van der Waals surface area contributed by atoms with Crippen LogP contribution in [0.3, 0.4) is 0 Å². The van der Waals surface area contributed by atoms with Gasteiger partial charge in [-0.1, -0.05) is 12.1 Å². The highest BCUT2D eigenvalue weighted by atomic mass is 16.6. The van der Waals surface area contributed by atoms with E-state index in [4.69, 9.17) is 0 Å². The van der Waals surface area contributed by atoms with Crippen LogP contribution in [0.2, 0.25) is 0 Å². The minimum absolute atomic E-state index is 0.123. The quantitative estimate of drug-likeness (QED) is 0.510. The molecule has 0 spiro atoms. The Balaban J connectivity index is 1.46. The smallest absolute Gasteiger partial charge is 0.282 e. The fraction of sp³-hybridized carbons (Fsp3) is 0.211. The van der Waals surface area contributed by atoms with Crippen molar-refractivity contribution < 1.29 is 9.72 Å². The Morgan fingerprint density at radius 2 is 1.64 bits per heavy atom. The van der Waals surface area contributed by atoms with Crippen molar-refractivity contribution in [3.8, 4) is 5.82 Å². The third kappa shape index (κ3) is 3.41. The van der Waals surface area contributed by atoms with E-state index in [1.54, 1.807) is 17.0 Å². The van der Waals surface area contributed by atoms with E-state index in [2.05, 4.69) is 14.9 Å². The molecular formula is C19H18N6O3. The minimum atomic E-state index is -0.521. The number of carbonyl (C=O) groups is 1. The lowest BCUT2D eigenvalue weighted by Crippen LogP contribution is -2.49. The van der Waals surface area contributed by atoms with Crippen molar-refractivity contribution in [1.29, 1.82) is 0 Å². The van der Waals surface area contributed by atoms with Crippen molar-refractivity contribution >= 4 is 17.4 Å². The first-order chi connectivity index (χ1) is 13.6. The van der Waals surface area contributed by atoms with Crippen LogP contribution >= 0.6 is 0 Å². The van der Waals surface area contributed by atoms with Gasteiger partial charge in [0.25, 0.3) is 11.6 Å². The molecule has 0 aliphatic carbocycles. The van der Waals surface area contributed by atoms with Crippen LogP contribution in [-0.4, -0.2) is 56.4 Å². The molecule has 0 atom stereocenters. The van der Waals surface area contributed by atoms with E-state index in [9.17, 15) is 14.9 Å². The third-order valence-electron chi connectivity index (χ3n) is 4.73. The molecule has 0 bridgehead atoms. The van der Waals surface area contributed by atoms with Crippen LogP contribution in [0.25, 0.3) is 5.82 Å². The van der Waals surface area contributed by atoms with Crippen LogP contribution in [-0.2, 0) is 0 Å². The Bertz CT molecular complexity index is 996. The Morgan fingerprint density at radius 3 is 2.36 bits per heavy atom. The maximum absolute atomic E-state index is 12.8. The summed E-state index contributed by atoms with van der Waals surface area (Å²) in [7, 11) is 0. The first-order valence-corrected chi connectivity index (χ1v) is 8.86. The summed E-state index contributed by atoms with van der Waals surface area (Å²) >= 11 is 0. The molecule has 0 saturated carbocycles. The summed E-state index contributed by atoms with van der Waals surface area (Å²) in [6, 6.07) is 11.8. The number of carbonyl (C=O) groups excluding carboxylic acids is 1. The average molecular weight is 378 g/mol. The molecule has 9 heteroatoms. The van der Waals surface area contributed by atoms with Gasteiger partial charge in [-0.25, -0.2) is 9.97 Å². The molecule has 0 radical (unpaired) electrons. The van der Waals surface area contributed by atoms with Gasteiger partial charge in [0, 0.05) is 50.7 Å². The van der Waals surface area contributed by atoms with Gasteiger partial charge >= 0.3 is 0 Å². The Morgan fingerprint density at radius 1 is 0.964 bits per heavy atom. The number of piperazine rings is 1. The molecule has 9 nitrogen and oxygen atoms in total. The SMILES string of the molecule is O=C(c1ccccc1[N+](=O)[O-])N1CCN(c2cc(-n3cccc3)ncn2)CC1. The zero-order valence-electron chi connectivity index (χ0n) is 15.0. The van der Waals surface area contributed by atoms with Crippen LogP contribution in [0, 0.1) is 10.1 Å². The number of nitrogens with zero attached hydrogens (tertiary/aromatic N) is 6. The fourth-order valence-corrected chi connectivity index (χ4v) is 3.26. The van der Waals surface area contributed by atoms with Crippen molar-refractivity contribution in [1.82, 2.24) is 19.4 Å². The summed E-state index contributed by atoms with van der Waals surface area (Å²) in [4.78, 5) is 35.8. The van der Waals surface area contributed by atoms with Crippen LogP contribution in [0.15, 0.2) is 61.2 Å². The Kier molecular flexibility index (Phi) is 4.71. The van der Waals surface area contributed by atoms with Crippen LogP contribution in [0.4, 0.5) is 11.5 Å². The third-order valence-corrected chi connectivity index (χ3v) is 4.73. The number of benzene rings is 1. The van der Waals surface area contributed by atoms with Gasteiger partial charge < -0.3 is 14.4 Å². The number of para-hydroxylation sites is 1. The molecule has 1 fully saturated rings. The maximum Gasteiger partial charge on any atom is 0.282 e. The fourth-order valence-electron chi connectivity index (χ4n) is 3.26. The molecule has 28 heavy (non-hydrogen) atoms. The second kappa shape index (κ2) is 7.47. The number of nitro groups is 1. The van der Waals surface area contributed by atoms with Crippen molar-refractivity contribution in [2.75, 3.05) is 31.1 Å². The standard InChI is InChI=1S/C19H18N6O3/c26-19(15-5-1-2-6-16(15)25(27)28)24-11-9-23(10-12-24)18-13-17(20-14-21-18)22-7-3-4-8-22/h1-8,13-14H,9-12H2. The molecule has 1 saturated heterocycles. The van der Waals surface area contributed by atoms with Crippen LogP contribution in [0.1, 0.15) is 10.4 Å². The number of aromatic nitrogens is 3. The van der Waals surface area contributed by atoms with E-state index in [-0.39, 0.29) is 17.2 Å². The largest absolute Gasteiger partial charge is 0.353 e. The second-order valence-corrected chi connectivity index (χ2v) is 6.38. The summed E-state index contributed by atoms with van der Waals surface area (Å²) in [5.74, 6) is 1.24. The number of amides is 1. The highest BCUT2D eigenvalue weighted by molar-refractivity contribution is 5.98. The molecule has 0 unspecified atom stereocenters. The van der Waals surface area contributed by atoms with E-state index in [1.807, 2.05) is 35.2 Å². The maximum atomic E-state index is 12.8. The van der Waals surface area contributed by atoms with Crippen LogP contribution in [0.5, 0.6) is 0 Å². The predicted octanol–water partition coefficient (Wildman–Crippen LogP) is 2.14. The van der Waals surface area contributed by atoms with E-state index in [0.29, 0.717) is 26.2 Å². The van der Waals surface area contributed by atoms with Crippen molar-refractivity contribution in [2.45, 2.75) is 0 Å². The summed E-state index contributed by atoms with van der Waals surface area (Å²) in [6.45, 7) is 2.12. The first-order valence-electron chi connectivity index (χ1n) is 8.86. The van der Waals surface area contributed by atoms with E-state index < -0.39 is 4.92 Å². The number of rotatable bonds is 4. The van der Waals surface area contributed by atoms with E-state index >= 15 is 0 Å². The second-order valence-electron chi connectivity index (χ2n) is 6.38. The Hall–Kier alpha value is -3.75. The van der Waals surface area contributed by atoms with Gasteiger partial charge in [-0.05, 0) is 18.2 Å². The molecule has 142 valence electrons. The monoisotopic (exact) mass is 378 g/mol. The lowest BCUT2D eigenvalue weighted by molar-refractivity contribution is -0.385. The van der Waals surface area contributed by atoms with Gasteiger partial charge in [-0.3, -0.25) is 14.9 Å². The van der Waals surface area contributed by atoms with Gasteiger partial charge in [-0.2, -0.15) is 0 Å². The minimum Gasteiger partial charge on any atom is -0.353 e. The van der Waals surface area contributed by atoms with Gasteiger partial charge in [0.15, 0.2) is 0 Å². The molecule has 0 N–H and O–H groups in total. The van der Waals surface area contributed by atoms with Gasteiger partial charge in [-0.15, -0.1) is 0 Å². The number of nitro benzene ring substituents is 1. The molecule has 1 aromatic carbocycles. The molecule has 4 rings (SSSR count).